The van der Waals surface area contributed by atoms with Gasteiger partial charge in [-0.2, -0.15) is 0 Å². The topological polar surface area (TPSA) is 4.93 Å². The lowest BCUT2D eigenvalue weighted by Gasteiger charge is -2.22. The van der Waals surface area contributed by atoms with E-state index in [1.165, 1.54) is 69.9 Å². The van der Waals surface area contributed by atoms with Crippen LogP contribution >= 0.6 is 11.3 Å². The van der Waals surface area contributed by atoms with Crippen LogP contribution in [0, 0.1) is 0 Å². The first kappa shape index (κ1) is 19.4. The molecule has 0 N–H and O–H groups in total. The second-order valence-corrected chi connectivity index (χ2v) is 11.3. The molecule has 1 aliphatic carbocycles. The summed E-state index contributed by atoms with van der Waals surface area (Å²) in [5.41, 5.74) is 9.31. The number of nitrogens with zero attached hydrogens (tertiary/aromatic N) is 1. The minimum Gasteiger partial charge on any atom is -0.309 e. The summed E-state index contributed by atoms with van der Waals surface area (Å²) in [5, 5.41) is 5.41. The predicted molar refractivity (Wildman–Crippen MR) is 151 cm³/mol. The first-order chi connectivity index (χ1) is 17.1. The van der Waals surface area contributed by atoms with Gasteiger partial charge in [0.05, 0.1) is 11.0 Å². The largest absolute Gasteiger partial charge is 0.309 e. The van der Waals surface area contributed by atoms with E-state index in [1.807, 2.05) is 11.3 Å². The molecule has 0 fully saturated rings. The van der Waals surface area contributed by atoms with Gasteiger partial charge in [0, 0.05) is 42.0 Å². The molecule has 1 aliphatic rings. The molecule has 1 nitrogen and oxygen atoms in total. The second-order valence-electron chi connectivity index (χ2n) is 10.2. The molecular formula is C33H23NS. The summed E-state index contributed by atoms with van der Waals surface area (Å²) in [6.45, 7) is 4.71. The third-order valence-corrected chi connectivity index (χ3v) is 9.14. The predicted octanol–water partition coefficient (Wildman–Crippen LogP) is 9.46. The fourth-order valence-corrected chi connectivity index (χ4v) is 7.50. The van der Waals surface area contributed by atoms with E-state index in [1.54, 1.807) is 0 Å². The normalized spacial score (nSPS) is 14.2. The second kappa shape index (κ2) is 6.62. The molecule has 2 heterocycles. The van der Waals surface area contributed by atoms with Crippen molar-refractivity contribution in [2.24, 2.45) is 0 Å². The summed E-state index contributed by atoms with van der Waals surface area (Å²) in [5.74, 6) is 0. The Morgan fingerprint density at radius 3 is 2.23 bits per heavy atom. The molecule has 5 aromatic carbocycles. The molecule has 7 aromatic rings. The number of thiophene rings is 1. The lowest BCUT2D eigenvalue weighted by atomic mass is 9.82. The van der Waals surface area contributed by atoms with Gasteiger partial charge < -0.3 is 4.57 Å². The highest BCUT2D eigenvalue weighted by Crippen LogP contribution is 2.50. The average Bonchev–Trinajstić information content (AvgIpc) is 3.50. The van der Waals surface area contributed by atoms with Crippen molar-refractivity contribution in [2.45, 2.75) is 19.3 Å². The van der Waals surface area contributed by atoms with Gasteiger partial charge in [0.1, 0.15) is 0 Å². The number of benzene rings is 5. The molecule has 8 rings (SSSR count). The Balaban J connectivity index is 1.49. The first-order valence-electron chi connectivity index (χ1n) is 12.2. The summed E-state index contributed by atoms with van der Waals surface area (Å²) in [6, 6.07) is 38.3. The zero-order chi connectivity index (χ0) is 23.3. The molecule has 0 bridgehead atoms. The van der Waals surface area contributed by atoms with Crippen LogP contribution in [0.1, 0.15) is 25.0 Å². The number of rotatable bonds is 1. The molecule has 35 heavy (non-hydrogen) atoms. The fraction of sp³-hybridized carbons (Fsp3) is 0.0909. The Kier molecular flexibility index (Phi) is 3.67. The van der Waals surface area contributed by atoms with Crippen LogP contribution in [-0.2, 0) is 5.41 Å². The molecule has 0 radical (unpaired) electrons. The van der Waals surface area contributed by atoms with E-state index in [2.05, 4.69) is 122 Å². The molecule has 2 aromatic heterocycles. The summed E-state index contributed by atoms with van der Waals surface area (Å²) in [4.78, 5) is 0. The van der Waals surface area contributed by atoms with Gasteiger partial charge in [0.15, 0.2) is 0 Å². The minimum atomic E-state index is -0.0163. The minimum absolute atomic E-state index is 0.0163. The monoisotopic (exact) mass is 465 g/mol. The van der Waals surface area contributed by atoms with Crippen LogP contribution < -0.4 is 0 Å². The van der Waals surface area contributed by atoms with E-state index >= 15 is 0 Å². The molecule has 0 saturated carbocycles. The number of fused-ring (bicyclic) bond motifs is 10. The molecule has 0 spiro atoms. The Bertz CT molecular complexity index is 1980. The van der Waals surface area contributed by atoms with Gasteiger partial charge >= 0.3 is 0 Å². The van der Waals surface area contributed by atoms with Crippen molar-refractivity contribution < 1.29 is 0 Å². The molecule has 0 amide bonds. The lowest BCUT2D eigenvalue weighted by molar-refractivity contribution is 0.660. The molecule has 166 valence electrons. The number of hydrogen-bond acceptors (Lipinski definition) is 1. The van der Waals surface area contributed by atoms with Crippen molar-refractivity contribution in [3.8, 4) is 16.8 Å². The van der Waals surface area contributed by atoms with Crippen molar-refractivity contribution >= 4 is 53.3 Å². The van der Waals surface area contributed by atoms with Crippen LogP contribution in [-0.4, -0.2) is 4.57 Å². The molecule has 2 heteroatoms. The van der Waals surface area contributed by atoms with Crippen LogP contribution in [0.4, 0.5) is 0 Å². The van der Waals surface area contributed by atoms with Gasteiger partial charge in [-0.15, -0.1) is 11.3 Å². The van der Waals surface area contributed by atoms with Crippen molar-refractivity contribution in [2.75, 3.05) is 0 Å². The average molecular weight is 466 g/mol. The van der Waals surface area contributed by atoms with E-state index in [0.717, 1.165) is 0 Å². The van der Waals surface area contributed by atoms with Crippen molar-refractivity contribution in [3.63, 3.8) is 0 Å². The van der Waals surface area contributed by atoms with Crippen molar-refractivity contribution in [3.05, 3.63) is 114 Å². The van der Waals surface area contributed by atoms with Gasteiger partial charge in [-0.1, -0.05) is 80.6 Å². The van der Waals surface area contributed by atoms with Crippen molar-refractivity contribution in [1.29, 1.82) is 0 Å². The first-order valence-corrected chi connectivity index (χ1v) is 13.0. The number of hydrogen-bond donors (Lipinski definition) is 0. The van der Waals surface area contributed by atoms with Crippen LogP contribution in [0.3, 0.4) is 0 Å². The smallest absolute Gasteiger partial charge is 0.0548 e. The van der Waals surface area contributed by atoms with Gasteiger partial charge in [-0.3, -0.25) is 0 Å². The van der Waals surface area contributed by atoms with E-state index in [9.17, 15) is 0 Å². The molecule has 0 aliphatic heterocycles. The number of aromatic nitrogens is 1. The molecule has 0 saturated heterocycles. The third-order valence-electron chi connectivity index (χ3n) is 8.00. The maximum Gasteiger partial charge on any atom is 0.0548 e. The fourth-order valence-electron chi connectivity index (χ4n) is 6.38. The molecular weight excluding hydrogens is 442 g/mol. The van der Waals surface area contributed by atoms with E-state index in [-0.39, 0.29) is 5.41 Å². The molecule has 0 unspecified atom stereocenters. The SMILES string of the molecule is CC1(C)c2ccccc2-c2ccc(-n3c4ccccc4c4c5c(ccc43)sc3ccccc35)cc21. The summed E-state index contributed by atoms with van der Waals surface area (Å²) >= 11 is 1.89. The van der Waals surface area contributed by atoms with Gasteiger partial charge in [-0.05, 0) is 58.7 Å². The Labute approximate surface area is 207 Å². The van der Waals surface area contributed by atoms with E-state index in [0.29, 0.717) is 0 Å². The van der Waals surface area contributed by atoms with Crippen LogP contribution in [0.2, 0.25) is 0 Å². The van der Waals surface area contributed by atoms with Gasteiger partial charge in [-0.25, -0.2) is 0 Å². The summed E-state index contributed by atoms with van der Waals surface area (Å²) < 4.78 is 5.17. The van der Waals surface area contributed by atoms with Crippen LogP contribution in [0.5, 0.6) is 0 Å². The Morgan fingerprint density at radius 1 is 0.571 bits per heavy atom. The molecule has 0 atom stereocenters. The maximum atomic E-state index is 2.47. The van der Waals surface area contributed by atoms with Crippen molar-refractivity contribution in [1.82, 2.24) is 4.57 Å². The highest BCUT2D eigenvalue weighted by atomic mass is 32.1. The maximum absolute atomic E-state index is 2.47. The zero-order valence-electron chi connectivity index (χ0n) is 19.7. The Morgan fingerprint density at radius 2 is 1.31 bits per heavy atom. The third kappa shape index (κ3) is 2.42. The number of para-hydroxylation sites is 1. The Hall–Kier alpha value is -3.88. The summed E-state index contributed by atoms with van der Waals surface area (Å²) in [6.07, 6.45) is 0. The van der Waals surface area contributed by atoms with Crippen LogP contribution in [0.25, 0.3) is 58.8 Å². The van der Waals surface area contributed by atoms with E-state index in [4.69, 9.17) is 0 Å². The zero-order valence-corrected chi connectivity index (χ0v) is 20.5. The van der Waals surface area contributed by atoms with Crippen LogP contribution in [0.15, 0.2) is 103 Å². The van der Waals surface area contributed by atoms with E-state index < -0.39 is 0 Å². The summed E-state index contributed by atoms with van der Waals surface area (Å²) in [7, 11) is 0. The highest BCUT2D eigenvalue weighted by molar-refractivity contribution is 7.26. The standard InChI is InChI=1S/C33H23NS/c1-33(2)25-12-6-3-9-21(25)22-16-15-20(19-26(22)33)34-27-13-7-4-10-23(27)31-28(34)17-18-30-32(31)24-11-5-8-14-29(24)35-30/h3-19H,1-2H3. The lowest BCUT2D eigenvalue weighted by Crippen LogP contribution is -2.15. The van der Waals surface area contributed by atoms with Gasteiger partial charge in [0.2, 0.25) is 0 Å². The quantitative estimate of drug-likeness (QED) is 0.227. The highest BCUT2D eigenvalue weighted by Gasteiger charge is 2.35. The van der Waals surface area contributed by atoms with Gasteiger partial charge in [0.25, 0.3) is 0 Å².